The number of allylic oxidation sites excluding steroid dienone is 1. The summed E-state index contributed by atoms with van der Waals surface area (Å²) in [6.07, 6.45) is 0. The standard InChI is InChI=1S/C20H18Cl2N2O4/c1-11-17(19(25)28-10-12-3-6-14(27-2)7-4-12)18(24-20(26)23-11)13-5-8-15(21)16(22)9-13/h3-9,18H,10H2,1-2H3,(H2,23,24,26). The zero-order chi connectivity index (χ0) is 20.3. The number of carbonyl (C=O) groups excluding carboxylic acids is 2. The van der Waals surface area contributed by atoms with Gasteiger partial charge in [-0.15, -0.1) is 0 Å². The summed E-state index contributed by atoms with van der Waals surface area (Å²) in [4.78, 5) is 24.7. The number of carbonyl (C=O) groups is 2. The Balaban J connectivity index is 1.82. The minimum atomic E-state index is -0.702. The number of urea groups is 1. The molecule has 6 nitrogen and oxygen atoms in total. The third-order valence-corrected chi connectivity index (χ3v) is 5.03. The van der Waals surface area contributed by atoms with Gasteiger partial charge in [-0.3, -0.25) is 0 Å². The van der Waals surface area contributed by atoms with Crippen molar-refractivity contribution in [2.24, 2.45) is 0 Å². The molecular weight excluding hydrogens is 403 g/mol. The fourth-order valence-corrected chi connectivity index (χ4v) is 3.16. The van der Waals surface area contributed by atoms with Gasteiger partial charge in [-0.2, -0.15) is 0 Å². The topological polar surface area (TPSA) is 76.7 Å². The highest BCUT2D eigenvalue weighted by Gasteiger charge is 2.32. The lowest BCUT2D eigenvalue weighted by Gasteiger charge is -2.28. The van der Waals surface area contributed by atoms with Crippen molar-refractivity contribution in [1.29, 1.82) is 0 Å². The molecule has 146 valence electrons. The summed E-state index contributed by atoms with van der Waals surface area (Å²) in [6, 6.07) is 11.0. The van der Waals surface area contributed by atoms with Crippen molar-refractivity contribution in [3.63, 3.8) is 0 Å². The predicted octanol–water partition coefficient (Wildman–Crippen LogP) is 4.37. The first-order valence-electron chi connectivity index (χ1n) is 8.42. The Kier molecular flexibility index (Phi) is 6.11. The summed E-state index contributed by atoms with van der Waals surface area (Å²) in [6.45, 7) is 1.73. The van der Waals surface area contributed by atoms with E-state index in [4.69, 9.17) is 32.7 Å². The van der Waals surface area contributed by atoms with Crippen LogP contribution >= 0.6 is 23.2 Å². The molecular formula is C20H18Cl2N2O4. The molecule has 1 heterocycles. The van der Waals surface area contributed by atoms with Crippen LogP contribution in [0.3, 0.4) is 0 Å². The fraction of sp³-hybridized carbons (Fsp3) is 0.200. The molecule has 2 aromatic carbocycles. The fourth-order valence-electron chi connectivity index (χ4n) is 2.85. The van der Waals surface area contributed by atoms with Crippen molar-refractivity contribution >= 4 is 35.2 Å². The third-order valence-electron chi connectivity index (χ3n) is 4.30. The monoisotopic (exact) mass is 420 g/mol. The van der Waals surface area contributed by atoms with Crippen LogP contribution in [0, 0.1) is 0 Å². The van der Waals surface area contributed by atoms with Gasteiger partial charge in [-0.1, -0.05) is 41.4 Å². The maximum atomic E-state index is 12.8. The van der Waals surface area contributed by atoms with Crippen LogP contribution in [0.2, 0.25) is 10.0 Å². The molecule has 8 heteroatoms. The summed E-state index contributed by atoms with van der Waals surface area (Å²) in [5.41, 5.74) is 2.15. The third kappa shape index (κ3) is 4.40. The molecule has 1 aliphatic rings. The smallest absolute Gasteiger partial charge is 0.338 e. The molecule has 0 saturated heterocycles. The molecule has 2 N–H and O–H groups in total. The molecule has 2 aromatic rings. The average Bonchev–Trinajstić information content (AvgIpc) is 2.68. The molecule has 0 fully saturated rings. The first-order valence-corrected chi connectivity index (χ1v) is 9.18. The van der Waals surface area contributed by atoms with E-state index in [9.17, 15) is 9.59 Å². The molecule has 0 spiro atoms. The Morgan fingerprint density at radius 2 is 1.82 bits per heavy atom. The van der Waals surface area contributed by atoms with E-state index in [-0.39, 0.29) is 6.61 Å². The molecule has 2 amide bonds. The van der Waals surface area contributed by atoms with Crippen LogP contribution in [-0.2, 0) is 16.1 Å². The van der Waals surface area contributed by atoms with E-state index >= 15 is 0 Å². The van der Waals surface area contributed by atoms with Crippen molar-refractivity contribution in [1.82, 2.24) is 10.6 Å². The van der Waals surface area contributed by atoms with E-state index in [0.29, 0.717) is 32.6 Å². The zero-order valence-corrected chi connectivity index (χ0v) is 16.7. The van der Waals surface area contributed by atoms with Gasteiger partial charge in [0.2, 0.25) is 0 Å². The van der Waals surface area contributed by atoms with Gasteiger partial charge < -0.3 is 20.1 Å². The Labute approximate surface area is 172 Å². The van der Waals surface area contributed by atoms with E-state index in [2.05, 4.69) is 10.6 Å². The zero-order valence-electron chi connectivity index (χ0n) is 15.2. The molecule has 0 aliphatic carbocycles. The lowest BCUT2D eigenvalue weighted by molar-refractivity contribution is -0.140. The maximum Gasteiger partial charge on any atom is 0.338 e. The average molecular weight is 421 g/mol. The molecule has 28 heavy (non-hydrogen) atoms. The minimum absolute atomic E-state index is 0.0850. The number of esters is 1. The number of hydrogen-bond donors (Lipinski definition) is 2. The van der Waals surface area contributed by atoms with Crippen LogP contribution < -0.4 is 15.4 Å². The number of amides is 2. The predicted molar refractivity (Wildman–Crippen MR) is 106 cm³/mol. The van der Waals surface area contributed by atoms with Crippen LogP contribution in [0.4, 0.5) is 4.79 Å². The van der Waals surface area contributed by atoms with E-state index in [1.807, 2.05) is 12.1 Å². The molecule has 0 bridgehead atoms. The van der Waals surface area contributed by atoms with Gasteiger partial charge in [0.25, 0.3) is 0 Å². The van der Waals surface area contributed by atoms with E-state index < -0.39 is 18.0 Å². The van der Waals surface area contributed by atoms with Crippen molar-refractivity contribution in [2.45, 2.75) is 19.6 Å². The number of methoxy groups -OCH3 is 1. The van der Waals surface area contributed by atoms with Crippen LogP contribution in [0.5, 0.6) is 5.75 Å². The Morgan fingerprint density at radius 1 is 1.11 bits per heavy atom. The summed E-state index contributed by atoms with van der Waals surface area (Å²) in [7, 11) is 1.58. The SMILES string of the molecule is COc1ccc(COC(=O)C2=C(C)NC(=O)NC2c2ccc(Cl)c(Cl)c2)cc1. The molecule has 1 aliphatic heterocycles. The highest BCUT2D eigenvalue weighted by atomic mass is 35.5. The van der Waals surface area contributed by atoms with E-state index in [1.54, 1.807) is 44.4 Å². The quantitative estimate of drug-likeness (QED) is 0.703. The highest BCUT2D eigenvalue weighted by molar-refractivity contribution is 6.42. The van der Waals surface area contributed by atoms with Crippen LogP contribution in [0.25, 0.3) is 0 Å². The van der Waals surface area contributed by atoms with Crippen molar-refractivity contribution < 1.29 is 19.1 Å². The molecule has 3 rings (SSSR count). The van der Waals surface area contributed by atoms with Gasteiger partial charge in [-0.25, -0.2) is 9.59 Å². The van der Waals surface area contributed by atoms with Crippen LogP contribution in [0.15, 0.2) is 53.7 Å². The lowest BCUT2D eigenvalue weighted by atomic mass is 9.95. The largest absolute Gasteiger partial charge is 0.497 e. The molecule has 0 aromatic heterocycles. The Morgan fingerprint density at radius 3 is 2.46 bits per heavy atom. The van der Waals surface area contributed by atoms with Crippen molar-refractivity contribution in [3.8, 4) is 5.75 Å². The minimum Gasteiger partial charge on any atom is -0.497 e. The van der Waals surface area contributed by atoms with Gasteiger partial charge >= 0.3 is 12.0 Å². The normalized spacial score (nSPS) is 16.3. The molecule has 0 radical (unpaired) electrons. The van der Waals surface area contributed by atoms with Crippen molar-refractivity contribution in [2.75, 3.05) is 7.11 Å². The van der Waals surface area contributed by atoms with Crippen LogP contribution in [0.1, 0.15) is 24.1 Å². The number of rotatable bonds is 5. The van der Waals surface area contributed by atoms with Crippen LogP contribution in [-0.4, -0.2) is 19.1 Å². The Hall–Kier alpha value is -2.70. The first kappa shape index (κ1) is 20.0. The molecule has 1 unspecified atom stereocenters. The Bertz CT molecular complexity index is 942. The highest BCUT2D eigenvalue weighted by Crippen LogP contribution is 2.32. The molecule has 0 saturated carbocycles. The maximum absolute atomic E-state index is 12.8. The second kappa shape index (κ2) is 8.54. The summed E-state index contributed by atoms with van der Waals surface area (Å²) >= 11 is 12.1. The van der Waals surface area contributed by atoms with E-state index in [1.165, 1.54) is 0 Å². The number of halogens is 2. The number of benzene rings is 2. The molecule has 1 atom stereocenters. The van der Waals surface area contributed by atoms with Gasteiger partial charge in [-0.05, 0) is 42.3 Å². The first-order chi connectivity index (χ1) is 13.4. The van der Waals surface area contributed by atoms with Gasteiger partial charge in [0.05, 0.1) is 28.8 Å². The summed E-state index contributed by atoms with van der Waals surface area (Å²) < 4.78 is 10.6. The van der Waals surface area contributed by atoms with Gasteiger partial charge in [0.15, 0.2) is 0 Å². The second-order valence-corrected chi connectivity index (χ2v) is 6.98. The summed E-state index contributed by atoms with van der Waals surface area (Å²) in [5.74, 6) is 0.171. The lowest BCUT2D eigenvalue weighted by Crippen LogP contribution is -2.45. The second-order valence-electron chi connectivity index (χ2n) is 6.17. The van der Waals surface area contributed by atoms with Crippen molar-refractivity contribution in [3.05, 3.63) is 74.9 Å². The number of hydrogen-bond acceptors (Lipinski definition) is 4. The number of nitrogens with one attached hydrogen (secondary N) is 2. The summed E-state index contributed by atoms with van der Waals surface area (Å²) in [5, 5.41) is 6.04. The van der Waals surface area contributed by atoms with E-state index in [0.717, 1.165) is 5.56 Å². The van der Waals surface area contributed by atoms with Gasteiger partial charge in [0, 0.05) is 5.70 Å². The van der Waals surface area contributed by atoms with Gasteiger partial charge in [0.1, 0.15) is 12.4 Å². The number of ether oxygens (including phenoxy) is 2.